The van der Waals surface area contributed by atoms with E-state index in [9.17, 15) is 30.3 Å². The zero-order valence-electron chi connectivity index (χ0n) is 27.0. The van der Waals surface area contributed by atoms with E-state index in [1.165, 1.54) is 12.1 Å². The maximum Gasteiger partial charge on any atom is 0.247 e. The monoisotopic (exact) mass is 655 g/mol. The number of aromatic hydroxyl groups is 2. The fourth-order valence-electron chi connectivity index (χ4n) is 6.94. The minimum atomic E-state index is -1.04. The average molecular weight is 656 g/mol. The Morgan fingerprint density at radius 2 is 1.96 bits per heavy atom. The molecule has 48 heavy (non-hydrogen) atoms. The van der Waals surface area contributed by atoms with Crippen LogP contribution in [0.5, 0.6) is 17.2 Å². The summed E-state index contributed by atoms with van der Waals surface area (Å²) >= 11 is 0. The Morgan fingerprint density at radius 3 is 2.77 bits per heavy atom. The summed E-state index contributed by atoms with van der Waals surface area (Å²) in [6.07, 6.45) is 5.07. The van der Waals surface area contributed by atoms with Crippen molar-refractivity contribution in [1.82, 2.24) is 0 Å². The van der Waals surface area contributed by atoms with Crippen LogP contribution in [-0.2, 0) is 24.1 Å². The van der Waals surface area contributed by atoms with E-state index in [2.05, 4.69) is 21.8 Å². The number of aliphatic hydroxyl groups is 3. The van der Waals surface area contributed by atoms with Gasteiger partial charge in [0.05, 0.1) is 12.2 Å². The summed E-state index contributed by atoms with van der Waals surface area (Å²) < 4.78 is 6.37. The summed E-state index contributed by atoms with van der Waals surface area (Å²) in [6, 6.07) is 6.52. The highest BCUT2D eigenvalue weighted by atomic mass is 16.5. The molecule has 0 radical (unpaired) electrons. The Kier molecular flexibility index (Phi) is 10.1. The van der Waals surface area contributed by atoms with Crippen molar-refractivity contribution in [2.24, 2.45) is 15.7 Å². The van der Waals surface area contributed by atoms with Gasteiger partial charge < -0.3 is 36.0 Å². The first-order chi connectivity index (χ1) is 23.1. The van der Waals surface area contributed by atoms with E-state index in [0.717, 1.165) is 50.4 Å². The number of fused-ring (bicyclic) bond motifs is 4. The molecule has 0 saturated carbocycles. The quantitative estimate of drug-likeness (QED) is 0.179. The van der Waals surface area contributed by atoms with Crippen LogP contribution in [0.3, 0.4) is 0 Å². The van der Waals surface area contributed by atoms with E-state index in [1.807, 2.05) is 37.7 Å². The van der Waals surface area contributed by atoms with Gasteiger partial charge in [-0.15, -0.1) is 0 Å². The number of hydrogen-bond donors (Lipinski definition) is 7. The SMILES string of the molecule is CCCC(O)CC(O)CC(=O)CCc1cc(OC2CC#CC(O)c3ccc4c(c3CC3=C5C[NH+]2C=C5N=C3)CC=NC4N)c(O)cc1O. The van der Waals surface area contributed by atoms with Crippen LogP contribution in [0.4, 0.5) is 0 Å². The Balaban J connectivity index is 1.22. The molecular weight excluding hydrogens is 612 g/mol. The van der Waals surface area contributed by atoms with Gasteiger partial charge in [-0.25, -0.2) is 0 Å². The number of ether oxygens (including phenoxy) is 1. The summed E-state index contributed by atoms with van der Waals surface area (Å²) in [7, 11) is 0. The predicted molar refractivity (Wildman–Crippen MR) is 180 cm³/mol. The van der Waals surface area contributed by atoms with E-state index in [0.29, 0.717) is 31.4 Å². The third-order valence-electron chi connectivity index (χ3n) is 9.48. The molecule has 6 rings (SSSR count). The summed E-state index contributed by atoms with van der Waals surface area (Å²) in [6.45, 7) is 2.53. The zero-order chi connectivity index (χ0) is 33.9. The Morgan fingerprint density at radius 1 is 1.15 bits per heavy atom. The number of aliphatic hydroxyl groups excluding tert-OH is 3. The number of nitrogens with one attached hydrogen (secondary N) is 1. The minimum Gasteiger partial charge on any atom is -0.508 e. The average Bonchev–Trinajstić information content (AvgIpc) is 3.62. The van der Waals surface area contributed by atoms with Crippen LogP contribution in [0.15, 0.2) is 57.3 Å². The fourth-order valence-corrected chi connectivity index (χ4v) is 6.94. The van der Waals surface area contributed by atoms with Crippen LogP contribution < -0.4 is 15.4 Å². The van der Waals surface area contributed by atoms with Crippen molar-refractivity contribution in [3.63, 3.8) is 0 Å². The van der Waals surface area contributed by atoms with Gasteiger partial charge in [0, 0.05) is 49.8 Å². The van der Waals surface area contributed by atoms with Gasteiger partial charge in [-0.1, -0.05) is 37.3 Å². The normalized spacial score (nSPS) is 23.6. The smallest absolute Gasteiger partial charge is 0.247 e. The standard InChI is InChI=1S/C37H42N4O7/c1-2-4-23(42)15-25(44)16-24(43)8-7-21-14-35(34(47)17-33(21)46)48-36-6-3-5-32(45)27-9-10-28-26(11-12-39-37(28)38)29(27)13-22-18-40-31-20-41(36)19-30(22)31/h9-10,12,14,17-18,20,23,25,32,36-37,42,44-47H,2,4,6-8,11,13,15-16,19,38H2,1H3/p+1. The Bertz CT molecular complexity index is 1770. The highest BCUT2D eigenvalue weighted by molar-refractivity contribution is 5.87. The molecule has 11 heteroatoms. The van der Waals surface area contributed by atoms with E-state index in [-0.39, 0.29) is 55.1 Å². The van der Waals surface area contributed by atoms with Gasteiger partial charge >= 0.3 is 0 Å². The van der Waals surface area contributed by atoms with Gasteiger partial charge in [0.25, 0.3) is 0 Å². The number of nitrogens with zero attached hydrogens (tertiary/aromatic N) is 2. The lowest BCUT2D eigenvalue weighted by atomic mass is 9.85. The second-order valence-corrected chi connectivity index (χ2v) is 13.0. The van der Waals surface area contributed by atoms with Crippen molar-refractivity contribution < 1.29 is 40.0 Å². The number of hydrogen-bond acceptors (Lipinski definition) is 10. The minimum absolute atomic E-state index is 0.0628. The number of rotatable bonds is 11. The lowest BCUT2D eigenvalue weighted by Crippen LogP contribution is -3.11. The van der Waals surface area contributed by atoms with Crippen molar-refractivity contribution in [2.75, 3.05) is 6.54 Å². The number of ketones is 1. The first-order valence-corrected chi connectivity index (χ1v) is 16.6. The van der Waals surface area contributed by atoms with Crippen LogP contribution >= 0.6 is 0 Å². The number of nitrogens with two attached hydrogens (primary N) is 1. The molecule has 11 nitrogen and oxygen atoms in total. The summed E-state index contributed by atoms with van der Waals surface area (Å²) in [4.78, 5) is 22.6. The number of phenols is 2. The molecule has 0 spiro atoms. The second kappa shape index (κ2) is 14.4. The van der Waals surface area contributed by atoms with Crippen LogP contribution in [-0.4, -0.2) is 68.7 Å². The molecule has 2 aromatic rings. The largest absolute Gasteiger partial charge is 0.508 e. The van der Waals surface area contributed by atoms with Crippen LogP contribution in [0.25, 0.3) is 0 Å². The molecule has 0 amide bonds. The Hall–Kier alpha value is -4.31. The lowest BCUT2D eigenvalue weighted by molar-refractivity contribution is -0.885. The fraction of sp³-hybridized carbons (Fsp3) is 0.432. The van der Waals surface area contributed by atoms with E-state index in [1.54, 1.807) is 0 Å². The lowest BCUT2D eigenvalue weighted by Gasteiger charge is -2.25. The van der Waals surface area contributed by atoms with E-state index in [4.69, 9.17) is 10.5 Å². The summed E-state index contributed by atoms with van der Waals surface area (Å²) in [5, 5.41) is 52.8. The van der Waals surface area contributed by atoms with E-state index >= 15 is 0 Å². The molecule has 4 aliphatic rings. The number of aliphatic imine (C=N–C) groups is 2. The van der Waals surface area contributed by atoms with Gasteiger partial charge in [0.1, 0.15) is 48.7 Å². The van der Waals surface area contributed by atoms with Crippen molar-refractivity contribution in [3.8, 4) is 29.1 Å². The maximum absolute atomic E-state index is 12.6. The molecule has 0 saturated heterocycles. The number of phenolic OH excluding ortho intramolecular Hbond substituents is 2. The number of quaternary nitrogens is 1. The maximum atomic E-state index is 12.6. The molecule has 4 aliphatic heterocycles. The van der Waals surface area contributed by atoms with Crippen molar-refractivity contribution >= 4 is 18.2 Å². The third kappa shape index (κ3) is 7.23. The number of Topliss-reactive ketones (excluding diaryl/α,β-unsaturated/α-hetero) is 1. The van der Waals surface area contributed by atoms with Crippen LogP contribution in [0, 0.1) is 11.8 Å². The molecule has 6 atom stereocenters. The molecule has 2 bridgehead atoms. The first-order valence-electron chi connectivity index (χ1n) is 16.6. The topological polar surface area (TPSA) is 183 Å². The highest BCUT2D eigenvalue weighted by Crippen LogP contribution is 2.36. The Labute approximate surface area is 279 Å². The first kappa shape index (κ1) is 33.6. The van der Waals surface area contributed by atoms with Gasteiger partial charge in [-0.05, 0) is 58.7 Å². The molecular formula is C37H43N4O7+. The molecule has 2 aromatic carbocycles. The number of carbonyl (C=O) groups excluding carboxylic acids is 1. The van der Waals surface area contributed by atoms with Crippen molar-refractivity contribution in [1.29, 1.82) is 0 Å². The molecule has 0 fully saturated rings. The van der Waals surface area contributed by atoms with Gasteiger partial charge in [-0.3, -0.25) is 19.7 Å². The number of benzene rings is 2. The van der Waals surface area contributed by atoms with Crippen LogP contribution in [0.2, 0.25) is 0 Å². The molecule has 0 aliphatic carbocycles. The highest BCUT2D eigenvalue weighted by Gasteiger charge is 2.36. The van der Waals surface area contributed by atoms with Crippen molar-refractivity contribution in [3.05, 3.63) is 75.1 Å². The van der Waals surface area contributed by atoms with Crippen molar-refractivity contribution in [2.45, 2.75) is 95.4 Å². The summed E-state index contributed by atoms with van der Waals surface area (Å²) in [5.74, 6) is 5.61. The van der Waals surface area contributed by atoms with Gasteiger partial charge in [-0.2, -0.15) is 0 Å². The second-order valence-electron chi connectivity index (χ2n) is 13.0. The van der Waals surface area contributed by atoms with E-state index < -0.39 is 30.7 Å². The molecule has 0 aromatic heterocycles. The molecule has 8 N–H and O–H groups in total. The summed E-state index contributed by atoms with van der Waals surface area (Å²) in [5.41, 5.74) is 13.4. The predicted octanol–water partition coefficient (Wildman–Crippen LogP) is 1.99. The number of carbonyl (C=O) groups is 1. The molecule has 6 unspecified atom stereocenters. The third-order valence-corrected chi connectivity index (χ3v) is 9.48. The number of allylic oxidation sites excluding steroid dienone is 1. The zero-order valence-corrected chi connectivity index (χ0v) is 27.0. The molecule has 4 heterocycles. The van der Waals surface area contributed by atoms with Crippen LogP contribution in [0.1, 0.15) is 85.5 Å². The van der Waals surface area contributed by atoms with Gasteiger partial charge in [0.2, 0.25) is 6.23 Å². The molecule has 252 valence electrons. The number of aryl methyl sites for hydroxylation is 1. The van der Waals surface area contributed by atoms with Gasteiger partial charge in [0.15, 0.2) is 11.5 Å².